The smallest absolute Gasteiger partial charge is 0.226 e. The van der Waals surface area contributed by atoms with Crippen LogP contribution in [-0.2, 0) is 11.3 Å². The molecule has 0 saturated carbocycles. The average Bonchev–Trinajstić information content (AvgIpc) is 3.19. The first-order chi connectivity index (χ1) is 10.3. The summed E-state index contributed by atoms with van der Waals surface area (Å²) >= 11 is 0. The highest BCUT2D eigenvalue weighted by Gasteiger charge is 2.05. The van der Waals surface area contributed by atoms with Crippen molar-refractivity contribution < 1.29 is 4.79 Å². The lowest BCUT2D eigenvalue weighted by molar-refractivity contribution is -0.116. The molecular formula is C15H15N5O. The number of benzene rings is 1. The Bertz CT molecular complexity index is 704. The molecule has 1 aromatic carbocycles. The van der Waals surface area contributed by atoms with Gasteiger partial charge in [-0.05, 0) is 24.3 Å². The van der Waals surface area contributed by atoms with E-state index in [4.69, 9.17) is 0 Å². The second kappa shape index (κ2) is 6.04. The number of hydrogen-bond acceptors (Lipinski definition) is 3. The highest BCUT2D eigenvalue weighted by atomic mass is 16.1. The number of H-pyrrole nitrogens is 1. The Morgan fingerprint density at radius 3 is 2.95 bits per heavy atom. The Morgan fingerprint density at radius 1 is 1.24 bits per heavy atom. The fourth-order valence-electron chi connectivity index (χ4n) is 2.05. The van der Waals surface area contributed by atoms with E-state index in [1.165, 1.54) is 0 Å². The van der Waals surface area contributed by atoms with Crippen molar-refractivity contribution in [2.75, 3.05) is 5.32 Å². The number of anilines is 1. The van der Waals surface area contributed by atoms with Crippen molar-refractivity contribution >= 4 is 11.6 Å². The number of carbonyl (C=O) groups excluding carboxylic acids is 1. The molecule has 0 unspecified atom stereocenters. The van der Waals surface area contributed by atoms with E-state index >= 15 is 0 Å². The Kier molecular flexibility index (Phi) is 3.77. The van der Waals surface area contributed by atoms with E-state index < -0.39 is 0 Å². The molecule has 21 heavy (non-hydrogen) atoms. The average molecular weight is 281 g/mol. The van der Waals surface area contributed by atoms with Crippen molar-refractivity contribution in [3.05, 3.63) is 55.0 Å². The van der Waals surface area contributed by atoms with Gasteiger partial charge in [0.15, 0.2) is 0 Å². The lowest BCUT2D eigenvalue weighted by Gasteiger charge is -2.07. The standard InChI is InChI=1S/C15H15N5O/c21-15(6-10-20-9-2-7-17-20)18-13-4-1-3-12(11-13)14-5-8-16-19-14/h1-5,7-9,11H,6,10H2,(H,16,19)(H,18,21). The third-order valence-electron chi connectivity index (χ3n) is 3.09. The second-order valence-corrected chi connectivity index (χ2v) is 4.62. The number of carbonyl (C=O) groups is 1. The monoisotopic (exact) mass is 281 g/mol. The molecule has 3 aromatic rings. The van der Waals surface area contributed by atoms with Crippen LogP contribution in [0.1, 0.15) is 6.42 Å². The first-order valence-electron chi connectivity index (χ1n) is 6.68. The van der Waals surface area contributed by atoms with E-state index in [9.17, 15) is 4.79 Å². The van der Waals surface area contributed by atoms with Gasteiger partial charge in [0.1, 0.15) is 0 Å². The molecule has 1 amide bonds. The van der Waals surface area contributed by atoms with Crippen molar-refractivity contribution in [3.63, 3.8) is 0 Å². The predicted molar refractivity (Wildman–Crippen MR) is 79.5 cm³/mol. The van der Waals surface area contributed by atoms with Gasteiger partial charge in [-0.1, -0.05) is 12.1 Å². The molecule has 2 heterocycles. The molecular weight excluding hydrogens is 266 g/mol. The Hall–Kier alpha value is -2.89. The van der Waals surface area contributed by atoms with Crippen LogP contribution in [0.3, 0.4) is 0 Å². The molecule has 0 aliphatic heterocycles. The SMILES string of the molecule is O=C(CCn1cccn1)Nc1cccc(-c2ccn[nH]2)c1. The maximum Gasteiger partial charge on any atom is 0.226 e. The number of aromatic amines is 1. The third-order valence-corrected chi connectivity index (χ3v) is 3.09. The van der Waals surface area contributed by atoms with Gasteiger partial charge in [-0.25, -0.2) is 0 Å². The van der Waals surface area contributed by atoms with E-state index in [2.05, 4.69) is 20.6 Å². The number of nitrogens with one attached hydrogen (secondary N) is 2. The van der Waals surface area contributed by atoms with Crippen LogP contribution in [0.15, 0.2) is 55.0 Å². The maximum atomic E-state index is 11.9. The lowest BCUT2D eigenvalue weighted by Crippen LogP contribution is -2.14. The van der Waals surface area contributed by atoms with Gasteiger partial charge in [0, 0.05) is 42.8 Å². The molecule has 0 atom stereocenters. The third kappa shape index (κ3) is 3.36. The minimum absolute atomic E-state index is 0.0349. The molecule has 0 fully saturated rings. The molecule has 106 valence electrons. The van der Waals surface area contributed by atoms with Crippen LogP contribution in [-0.4, -0.2) is 25.9 Å². The van der Waals surface area contributed by atoms with Crippen LogP contribution in [0.5, 0.6) is 0 Å². The number of hydrogen-bond donors (Lipinski definition) is 2. The van der Waals surface area contributed by atoms with Gasteiger partial charge in [0.25, 0.3) is 0 Å². The summed E-state index contributed by atoms with van der Waals surface area (Å²) < 4.78 is 1.74. The summed E-state index contributed by atoms with van der Waals surface area (Å²) in [4.78, 5) is 11.9. The molecule has 0 saturated heterocycles. The largest absolute Gasteiger partial charge is 0.326 e. The molecule has 6 nitrogen and oxygen atoms in total. The van der Waals surface area contributed by atoms with E-state index in [0.717, 1.165) is 16.9 Å². The van der Waals surface area contributed by atoms with Crippen molar-refractivity contribution in [1.82, 2.24) is 20.0 Å². The first-order valence-corrected chi connectivity index (χ1v) is 6.68. The molecule has 2 N–H and O–H groups in total. The molecule has 0 aliphatic rings. The molecule has 0 aliphatic carbocycles. The minimum Gasteiger partial charge on any atom is -0.326 e. The minimum atomic E-state index is -0.0349. The van der Waals surface area contributed by atoms with Crippen molar-refractivity contribution in [1.29, 1.82) is 0 Å². The van der Waals surface area contributed by atoms with Gasteiger partial charge in [-0.3, -0.25) is 14.6 Å². The molecule has 6 heteroatoms. The fourth-order valence-corrected chi connectivity index (χ4v) is 2.05. The van der Waals surface area contributed by atoms with Crippen LogP contribution >= 0.6 is 0 Å². The van der Waals surface area contributed by atoms with Gasteiger partial charge in [-0.2, -0.15) is 10.2 Å². The zero-order valence-electron chi connectivity index (χ0n) is 11.4. The van der Waals surface area contributed by atoms with E-state index in [1.807, 2.05) is 42.6 Å². The van der Waals surface area contributed by atoms with Crippen molar-refractivity contribution in [2.24, 2.45) is 0 Å². The summed E-state index contributed by atoms with van der Waals surface area (Å²) in [5, 5.41) is 13.8. The number of nitrogens with zero attached hydrogens (tertiary/aromatic N) is 3. The molecule has 0 bridgehead atoms. The Labute approximate surface area is 121 Å². The summed E-state index contributed by atoms with van der Waals surface area (Å²) in [7, 11) is 0. The molecule has 3 rings (SSSR count). The highest BCUT2D eigenvalue weighted by molar-refractivity contribution is 5.91. The Balaban J connectivity index is 1.62. The van der Waals surface area contributed by atoms with E-state index in [-0.39, 0.29) is 5.91 Å². The quantitative estimate of drug-likeness (QED) is 0.753. The molecule has 0 spiro atoms. The van der Waals surface area contributed by atoms with E-state index in [0.29, 0.717) is 13.0 Å². The van der Waals surface area contributed by atoms with Crippen molar-refractivity contribution in [3.8, 4) is 11.3 Å². The zero-order valence-corrected chi connectivity index (χ0v) is 11.4. The van der Waals surface area contributed by atoms with Crippen LogP contribution in [0.4, 0.5) is 5.69 Å². The lowest BCUT2D eigenvalue weighted by atomic mass is 10.1. The summed E-state index contributed by atoms with van der Waals surface area (Å²) in [6, 6.07) is 11.4. The number of aryl methyl sites for hydroxylation is 1. The van der Waals surface area contributed by atoms with Crippen LogP contribution in [0.25, 0.3) is 11.3 Å². The van der Waals surface area contributed by atoms with Gasteiger partial charge in [0.2, 0.25) is 5.91 Å². The van der Waals surface area contributed by atoms with Gasteiger partial charge in [-0.15, -0.1) is 0 Å². The number of aromatic nitrogens is 4. The Morgan fingerprint density at radius 2 is 2.19 bits per heavy atom. The topological polar surface area (TPSA) is 75.6 Å². The normalized spacial score (nSPS) is 10.5. The number of rotatable bonds is 5. The summed E-state index contributed by atoms with van der Waals surface area (Å²) in [6.07, 6.45) is 5.62. The van der Waals surface area contributed by atoms with Crippen LogP contribution in [0.2, 0.25) is 0 Å². The first kappa shape index (κ1) is 13.1. The summed E-state index contributed by atoms with van der Waals surface area (Å²) in [5.74, 6) is -0.0349. The van der Waals surface area contributed by atoms with Crippen LogP contribution < -0.4 is 5.32 Å². The van der Waals surface area contributed by atoms with Gasteiger partial charge < -0.3 is 5.32 Å². The van der Waals surface area contributed by atoms with Crippen LogP contribution in [0, 0.1) is 0 Å². The second-order valence-electron chi connectivity index (χ2n) is 4.62. The highest BCUT2D eigenvalue weighted by Crippen LogP contribution is 2.20. The molecule has 0 radical (unpaired) electrons. The number of amides is 1. The van der Waals surface area contributed by atoms with Gasteiger partial charge in [0.05, 0.1) is 5.69 Å². The van der Waals surface area contributed by atoms with Gasteiger partial charge >= 0.3 is 0 Å². The predicted octanol–water partition coefficient (Wildman–Crippen LogP) is 2.30. The fraction of sp³-hybridized carbons (Fsp3) is 0.133. The summed E-state index contributed by atoms with van der Waals surface area (Å²) in [5.41, 5.74) is 2.67. The van der Waals surface area contributed by atoms with E-state index in [1.54, 1.807) is 17.1 Å². The summed E-state index contributed by atoms with van der Waals surface area (Å²) in [6.45, 7) is 0.569. The van der Waals surface area contributed by atoms with Crippen molar-refractivity contribution in [2.45, 2.75) is 13.0 Å². The maximum absolute atomic E-state index is 11.9. The molecule has 2 aromatic heterocycles. The zero-order chi connectivity index (χ0) is 14.5.